The topological polar surface area (TPSA) is 29.1 Å². The molecule has 112 valence electrons. The van der Waals surface area contributed by atoms with Crippen LogP contribution in [0.4, 0.5) is 0 Å². The van der Waals surface area contributed by atoms with Crippen molar-refractivity contribution in [2.24, 2.45) is 5.92 Å². The van der Waals surface area contributed by atoms with Crippen molar-refractivity contribution in [1.82, 2.24) is 5.32 Å². The van der Waals surface area contributed by atoms with Crippen molar-refractivity contribution in [3.05, 3.63) is 35.4 Å². The van der Waals surface area contributed by atoms with E-state index >= 15 is 0 Å². The third kappa shape index (κ3) is 5.16. The van der Waals surface area contributed by atoms with Gasteiger partial charge in [0.25, 0.3) is 5.91 Å². The zero-order chi connectivity index (χ0) is 15.2. The minimum Gasteiger partial charge on any atom is -0.352 e. The number of halogens is 1. The average molecular weight is 296 g/mol. The molecular weight excluding hydrogens is 270 g/mol. The minimum absolute atomic E-state index is 0.0223. The second-order valence-corrected chi connectivity index (χ2v) is 6.76. The first-order valence-corrected chi connectivity index (χ1v) is 7.83. The number of nitrogens with one attached hydrogen (secondary N) is 1. The van der Waals surface area contributed by atoms with Crippen molar-refractivity contribution >= 4 is 17.5 Å². The number of carbonyl (C=O) groups is 1. The normalized spacial score (nSPS) is 13.1. The summed E-state index contributed by atoms with van der Waals surface area (Å²) in [5.74, 6) is 1.21. The van der Waals surface area contributed by atoms with Crippen LogP contribution >= 0.6 is 11.6 Å². The highest BCUT2D eigenvalue weighted by Gasteiger charge is 2.20. The number of hydrogen-bond acceptors (Lipinski definition) is 1. The Morgan fingerprint density at radius 2 is 1.95 bits per heavy atom. The first kappa shape index (κ1) is 17.0. The molecular formula is C17H26ClNO. The number of benzene rings is 1. The first-order chi connectivity index (χ1) is 9.36. The Bertz CT molecular complexity index is 437. The van der Waals surface area contributed by atoms with Crippen LogP contribution in [-0.2, 0) is 5.41 Å². The Morgan fingerprint density at radius 3 is 2.55 bits per heavy atom. The lowest BCUT2D eigenvalue weighted by Gasteiger charge is -2.22. The van der Waals surface area contributed by atoms with Gasteiger partial charge in [0.2, 0.25) is 0 Å². The fraction of sp³-hybridized carbons (Fsp3) is 0.588. The second kappa shape index (κ2) is 7.68. The molecule has 1 rings (SSSR count). The minimum atomic E-state index is -0.0267. The van der Waals surface area contributed by atoms with E-state index in [2.05, 4.69) is 33.0 Å². The molecule has 0 aliphatic rings. The molecule has 1 atom stereocenters. The highest BCUT2D eigenvalue weighted by atomic mass is 35.5. The van der Waals surface area contributed by atoms with E-state index in [0.29, 0.717) is 18.3 Å². The van der Waals surface area contributed by atoms with Gasteiger partial charge in [-0.15, -0.1) is 11.6 Å². The molecule has 0 aliphatic carbocycles. The SMILES string of the molecule is CC(CCl)CCCNC(=O)c1ccccc1C(C)(C)C. The lowest BCUT2D eigenvalue weighted by atomic mass is 9.83. The largest absolute Gasteiger partial charge is 0.352 e. The van der Waals surface area contributed by atoms with Gasteiger partial charge in [0.1, 0.15) is 0 Å². The molecule has 0 aromatic heterocycles. The fourth-order valence-electron chi connectivity index (χ4n) is 2.16. The van der Waals surface area contributed by atoms with Crippen LogP contribution in [0.3, 0.4) is 0 Å². The number of rotatable bonds is 6. The van der Waals surface area contributed by atoms with E-state index in [1.165, 1.54) is 0 Å². The summed E-state index contributed by atoms with van der Waals surface area (Å²) in [7, 11) is 0. The van der Waals surface area contributed by atoms with Crippen molar-refractivity contribution in [1.29, 1.82) is 0 Å². The summed E-state index contributed by atoms with van der Waals surface area (Å²) in [5.41, 5.74) is 1.85. The predicted octanol–water partition coefficient (Wildman–Crippen LogP) is 4.37. The van der Waals surface area contributed by atoms with E-state index in [0.717, 1.165) is 24.0 Å². The molecule has 0 radical (unpaired) electrons. The number of carbonyl (C=O) groups excluding carboxylic acids is 1. The third-order valence-corrected chi connectivity index (χ3v) is 3.93. The maximum Gasteiger partial charge on any atom is 0.251 e. The Labute approximate surface area is 127 Å². The van der Waals surface area contributed by atoms with E-state index in [1.807, 2.05) is 24.3 Å². The van der Waals surface area contributed by atoms with Crippen molar-refractivity contribution in [3.63, 3.8) is 0 Å². The van der Waals surface area contributed by atoms with Crippen LogP contribution in [0.25, 0.3) is 0 Å². The number of hydrogen-bond donors (Lipinski definition) is 1. The molecule has 1 aromatic carbocycles. The Morgan fingerprint density at radius 1 is 1.30 bits per heavy atom. The summed E-state index contributed by atoms with van der Waals surface area (Å²) in [6.45, 7) is 9.21. The summed E-state index contributed by atoms with van der Waals surface area (Å²) < 4.78 is 0. The molecule has 0 fully saturated rings. The van der Waals surface area contributed by atoms with Gasteiger partial charge in [-0.2, -0.15) is 0 Å². The van der Waals surface area contributed by atoms with Crippen LogP contribution < -0.4 is 5.32 Å². The maximum absolute atomic E-state index is 12.3. The van der Waals surface area contributed by atoms with Crippen LogP contribution in [0.1, 0.15) is 56.5 Å². The van der Waals surface area contributed by atoms with Crippen molar-refractivity contribution < 1.29 is 4.79 Å². The lowest BCUT2D eigenvalue weighted by molar-refractivity contribution is 0.0950. The van der Waals surface area contributed by atoms with Crippen molar-refractivity contribution in [2.45, 2.75) is 46.0 Å². The molecule has 1 unspecified atom stereocenters. The van der Waals surface area contributed by atoms with Crippen molar-refractivity contribution in [2.75, 3.05) is 12.4 Å². The predicted molar refractivity (Wildman–Crippen MR) is 86.6 cm³/mol. The second-order valence-electron chi connectivity index (χ2n) is 6.45. The quantitative estimate of drug-likeness (QED) is 0.613. The summed E-state index contributed by atoms with van der Waals surface area (Å²) in [4.78, 5) is 12.3. The summed E-state index contributed by atoms with van der Waals surface area (Å²) >= 11 is 5.77. The van der Waals surface area contributed by atoms with Gasteiger partial charge < -0.3 is 5.32 Å². The van der Waals surface area contributed by atoms with Gasteiger partial charge in [-0.1, -0.05) is 45.9 Å². The summed E-state index contributed by atoms with van der Waals surface area (Å²) in [6.07, 6.45) is 2.02. The van der Waals surface area contributed by atoms with Crippen molar-refractivity contribution in [3.8, 4) is 0 Å². The van der Waals surface area contributed by atoms with Gasteiger partial charge in [0, 0.05) is 18.0 Å². The molecule has 1 aromatic rings. The zero-order valence-electron chi connectivity index (χ0n) is 13.0. The van der Waals surface area contributed by atoms with Gasteiger partial charge in [-0.3, -0.25) is 4.79 Å². The van der Waals surface area contributed by atoms with Gasteiger partial charge >= 0.3 is 0 Å². The van der Waals surface area contributed by atoms with Gasteiger partial charge in [-0.25, -0.2) is 0 Å². The molecule has 3 heteroatoms. The highest BCUT2D eigenvalue weighted by Crippen LogP contribution is 2.25. The average Bonchev–Trinajstić information content (AvgIpc) is 2.42. The molecule has 0 saturated carbocycles. The third-order valence-electron chi connectivity index (χ3n) is 3.40. The Hall–Kier alpha value is -1.02. The van der Waals surface area contributed by atoms with Gasteiger partial charge in [0.15, 0.2) is 0 Å². The van der Waals surface area contributed by atoms with E-state index < -0.39 is 0 Å². The highest BCUT2D eigenvalue weighted by molar-refractivity contribution is 6.18. The van der Waals surface area contributed by atoms with Crippen LogP contribution in [0.15, 0.2) is 24.3 Å². The van der Waals surface area contributed by atoms with Crippen LogP contribution in [0.5, 0.6) is 0 Å². The summed E-state index contributed by atoms with van der Waals surface area (Å²) in [5, 5.41) is 3.01. The van der Waals surface area contributed by atoms with E-state index in [9.17, 15) is 4.79 Å². The first-order valence-electron chi connectivity index (χ1n) is 7.30. The molecule has 1 N–H and O–H groups in total. The van der Waals surface area contributed by atoms with Crippen LogP contribution in [-0.4, -0.2) is 18.3 Å². The fourth-order valence-corrected chi connectivity index (χ4v) is 2.31. The van der Waals surface area contributed by atoms with E-state index in [4.69, 9.17) is 11.6 Å². The lowest BCUT2D eigenvalue weighted by Crippen LogP contribution is -2.28. The molecule has 2 nitrogen and oxygen atoms in total. The van der Waals surface area contributed by atoms with Gasteiger partial charge in [-0.05, 0) is 35.8 Å². The summed E-state index contributed by atoms with van der Waals surface area (Å²) in [6, 6.07) is 7.83. The zero-order valence-corrected chi connectivity index (χ0v) is 13.8. The molecule has 1 amide bonds. The molecule has 0 bridgehead atoms. The van der Waals surface area contributed by atoms with Crippen LogP contribution in [0, 0.1) is 5.92 Å². The molecule has 0 saturated heterocycles. The smallest absolute Gasteiger partial charge is 0.251 e. The molecule has 20 heavy (non-hydrogen) atoms. The number of alkyl halides is 1. The van der Waals surface area contributed by atoms with E-state index in [1.54, 1.807) is 0 Å². The molecule has 0 heterocycles. The van der Waals surface area contributed by atoms with Crippen LogP contribution in [0.2, 0.25) is 0 Å². The Kier molecular flexibility index (Phi) is 6.54. The van der Waals surface area contributed by atoms with E-state index in [-0.39, 0.29) is 11.3 Å². The van der Waals surface area contributed by atoms with Gasteiger partial charge in [0.05, 0.1) is 0 Å². The Balaban J connectivity index is 2.60. The number of amides is 1. The standard InChI is InChI=1S/C17H26ClNO/c1-13(12-18)8-7-11-19-16(20)14-9-5-6-10-15(14)17(2,3)4/h5-6,9-10,13H,7-8,11-12H2,1-4H3,(H,19,20). The monoisotopic (exact) mass is 295 g/mol. The molecule has 0 spiro atoms. The molecule has 0 aliphatic heterocycles. The maximum atomic E-state index is 12.3.